The van der Waals surface area contributed by atoms with E-state index in [1.54, 1.807) is 7.11 Å². The minimum atomic E-state index is -0.259. The molecular formula is C14H20ClNO2S. The molecule has 1 fully saturated rings. The molecule has 1 heterocycles. The molecule has 0 aromatic carbocycles. The summed E-state index contributed by atoms with van der Waals surface area (Å²) in [4.78, 5) is 13.0. The summed E-state index contributed by atoms with van der Waals surface area (Å²) < 4.78 is 5.20. The number of alkyl halides is 1. The summed E-state index contributed by atoms with van der Waals surface area (Å²) in [6.45, 7) is 2.22. The minimum absolute atomic E-state index is 0.0680. The van der Waals surface area contributed by atoms with E-state index >= 15 is 0 Å². The number of hydrogen-bond donors (Lipinski definition) is 1. The van der Waals surface area contributed by atoms with Crippen LogP contribution in [-0.4, -0.2) is 24.4 Å². The Balaban J connectivity index is 2.12. The summed E-state index contributed by atoms with van der Waals surface area (Å²) in [5, 5.41) is 5.01. The maximum atomic E-state index is 12.4. The fraction of sp³-hybridized carbons (Fsp3) is 0.643. The highest BCUT2D eigenvalue weighted by atomic mass is 35.5. The molecule has 1 aromatic rings. The molecule has 1 aliphatic rings. The lowest BCUT2D eigenvalue weighted by molar-refractivity contribution is 0.0869. The highest BCUT2D eigenvalue weighted by Gasteiger charge is 2.36. The van der Waals surface area contributed by atoms with Gasteiger partial charge in [0.05, 0.1) is 12.6 Å². The Bertz CT molecular complexity index is 448. The van der Waals surface area contributed by atoms with Crippen molar-refractivity contribution in [1.29, 1.82) is 0 Å². The lowest BCUT2D eigenvalue weighted by atomic mass is 9.77. The number of halogens is 1. The third kappa shape index (κ3) is 3.23. The van der Waals surface area contributed by atoms with Crippen molar-refractivity contribution in [2.75, 3.05) is 13.0 Å². The van der Waals surface area contributed by atoms with E-state index in [9.17, 15) is 4.79 Å². The van der Waals surface area contributed by atoms with Crippen LogP contribution in [0.4, 0.5) is 0 Å². The molecule has 0 spiro atoms. The van der Waals surface area contributed by atoms with Gasteiger partial charge in [-0.15, -0.1) is 22.9 Å². The molecule has 106 valence electrons. The number of thiophene rings is 1. The van der Waals surface area contributed by atoms with E-state index in [4.69, 9.17) is 16.3 Å². The molecule has 2 unspecified atom stereocenters. The molecule has 0 saturated heterocycles. The van der Waals surface area contributed by atoms with Gasteiger partial charge in [-0.25, -0.2) is 0 Å². The predicted octanol–water partition coefficient (Wildman–Crippen LogP) is 3.67. The Hall–Kier alpha value is -0.740. The first-order chi connectivity index (χ1) is 9.10. The zero-order chi connectivity index (χ0) is 13.9. The summed E-state index contributed by atoms with van der Waals surface area (Å²) in [5.74, 6) is 1.65. The third-order valence-electron chi connectivity index (χ3n) is 3.78. The lowest BCUT2D eigenvalue weighted by Crippen LogP contribution is -2.52. The second kappa shape index (κ2) is 6.14. The second-order valence-corrected chi connectivity index (χ2v) is 6.57. The van der Waals surface area contributed by atoms with E-state index in [1.165, 1.54) is 17.8 Å². The molecule has 1 saturated carbocycles. The van der Waals surface area contributed by atoms with Gasteiger partial charge in [0, 0.05) is 5.88 Å². The molecule has 5 heteroatoms. The van der Waals surface area contributed by atoms with Crippen LogP contribution in [0.2, 0.25) is 0 Å². The first kappa shape index (κ1) is 14.7. The van der Waals surface area contributed by atoms with E-state index < -0.39 is 0 Å². The smallest absolute Gasteiger partial charge is 0.265 e. The Morgan fingerprint density at radius 3 is 3.11 bits per heavy atom. The van der Waals surface area contributed by atoms with Gasteiger partial charge < -0.3 is 10.1 Å². The number of carbonyl (C=O) groups is 1. The van der Waals surface area contributed by atoms with Gasteiger partial charge in [-0.05, 0) is 30.2 Å². The normalized spacial score (nSPS) is 27.0. The minimum Gasteiger partial charge on any atom is -0.495 e. The molecule has 19 heavy (non-hydrogen) atoms. The van der Waals surface area contributed by atoms with Gasteiger partial charge in [-0.1, -0.05) is 19.8 Å². The van der Waals surface area contributed by atoms with E-state index in [1.807, 2.05) is 11.4 Å². The van der Waals surface area contributed by atoms with Gasteiger partial charge in [0.1, 0.15) is 10.6 Å². The quantitative estimate of drug-likeness (QED) is 0.862. The van der Waals surface area contributed by atoms with Crippen molar-refractivity contribution in [2.45, 2.75) is 38.1 Å². The predicted molar refractivity (Wildman–Crippen MR) is 79.4 cm³/mol. The van der Waals surface area contributed by atoms with Crippen molar-refractivity contribution in [3.05, 3.63) is 16.3 Å². The van der Waals surface area contributed by atoms with Crippen LogP contribution in [0, 0.1) is 5.92 Å². The Labute approximate surface area is 123 Å². The van der Waals surface area contributed by atoms with Crippen LogP contribution in [0.25, 0.3) is 0 Å². The lowest BCUT2D eigenvalue weighted by Gasteiger charge is -2.39. The highest BCUT2D eigenvalue weighted by Crippen LogP contribution is 2.34. The molecule has 1 aliphatic carbocycles. The topological polar surface area (TPSA) is 38.3 Å². The monoisotopic (exact) mass is 301 g/mol. The Morgan fingerprint density at radius 2 is 2.47 bits per heavy atom. The van der Waals surface area contributed by atoms with Crippen molar-refractivity contribution in [1.82, 2.24) is 5.32 Å². The van der Waals surface area contributed by atoms with Crippen molar-refractivity contribution >= 4 is 28.8 Å². The van der Waals surface area contributed by atoms with Crippen LogP contribution in [0.1, 0.15) is 42.3 Å². The first-order valence-corrected chi connectivity index (χ1v) is 8.01. The number of nitrogens with one attached hydrogen (secondary N) is 1. The molecule has 0 aliphatic heterocycles. The number of amides is 1. The number of rotatable bonds is 4. The average molecular weight is 302 g/mol. The molecule has 3 nitrogen and oxygen atoms in total. The van der Waals surface area contributed by atoms with Crippen LogP contribution in [0.3, 0.4) is 0 Å². The van der Waals surface area contributed by atoms with Crippen molar-refractivity contribution in [2.24, 2.45) is 5.92 Å². The first-order valence-electron chi connectivity index (χ1n) is 6.60. The van der Waals surface area contributed by atoms with Crippen LogP contribution in [0.15, 0.2) is 11.4 Å². The molecule has 0 radical (unpaired) electrons. The number of methoxy groups -OCH3 is 1. The third-order valence-corrected chi connectivity index (χ3v) is 5.19. The van der Waals surface area contributed by atoms with Crippen molar-refractivity contribution in [3.63, 3.8) is 0 Å². The fourth-order valence-corrected chi connectivity index (χ4v) is 3.91. The number of carbonyl (C=O) groups excluding carboxylic acids is 1. The maximum Gasteiger partial charge on any atom is 0.265 e. The molecule has 2 atom stereocenters. The molecule has 0 bridgehead atoms. The van der Waals surface area contributed by atoms with Crippen LogP contribution < -0.4 is 10.1 Å². The molecular weight excluding hydrogens is 282 g/mol. The van der Waals surface area contributed by atoms with E-state index in [-0.39, 0.29) is 11.4 Å². The maximum absolute atomic E-state index is 12.4. The van der Waals surface area contributed by atoms with Crippen molar-refractivity contribution < 1.29 is 9.53 Å². The Kier molecular flexibility index (Phi) is 4.74. The van der Waals surface area contributed by atoms with Gasteiger partial charge in [-0.3, -0.25) is 4.79 Å². The van der Waals surface area contributed by atoms with Gasteiger partial charge in [0.2, 0.25) is 0 Å². The van der Waals surface area contributed by atoms with Gasteiger partial charge >= 0.3 is 0 Å². The van der Waals surface area contributed by atoms with Crippen LogP contribution >= 0.6 is 22.9 Å². The van der Waals surface area contributed by atoms with Crippen molar-refractivity contribution in [3.8, 4) is 5.75 Å². The summed E-state index contributed by atoms with van der Waals surface area (Å²) >= 11 is 7.54. The standard InChI is InChI=1S/C14H20ClNO2S/c1-10-4-3-6-14(8-10,9-15)16-13(17)12-11(18-2)5-7-19-12/h5,7,10H,3-4,6,8-9H2,1-2H3,(H,16,17). The number of hydrogen-bond acceptors (Lipinski definition) is 3. The summed E-state index contributed by atoms with van der Waals surface area (Å²) in [6, 6.07) is 1.82. The second-order valence-electron chi connectivity index (χ2n) is 5.39. The van der Waals surface area contributed by atoms with E-state index in [0.717, 1.165) is 19.3 Å². The van der Waals surface area contributed by atoms with E-state index in [2.05, 4.69) is 12.2 Å². The van der Waals surface area contributed by atoms with Gasteiger partial charge in [0.25, 0.3) is 5.91 Å². The molecule has 2 rings (SSSR count). The van der Waals surface area contributed by atoms with Gasteiger partial charge in [-0.2, -0.15) is 0 Å². The Morgan fingerprint density at radius 1 is 1.68 bits per heavy atom. The molecule has 1 N–H and O–H groups in total. The van der Waals surface area contributed by atoms with E-state index in [0.29, 0.717) is 22.4 Å². The summed E-state index contributed by atoms with van der Waals surface area (Å²) in [6.07, 6.45) is 4.25. The fourth-order valence-electron chi connectivity index (χ4n) is 2.85. The van der Waals surface area contributed by atoms with Gasteiger partial charge in [0.15, 0.2) is 0 Å². The highest BCUT2D eigenvalue weighted by molar-refractivity contribution is 7.12. The largest absolute Gasteiger partial charge is 0.495 e. The van der Waals surface area contributed by atoms with Crippen LogP contribution in [0.5, 0.6) is 5.75 Å². The summed E-state index contributed by atoms with van der Waals surface area (Å²) in [5.41, 5.74) is -0.259. The zero-order valence-electron chi connectivity index (χ0n) is 11.4. The zero-order valence-corrected chi connectivity index (χ0v) is 12.9. The molecule has 1 aromatic heterocycles. The SMILES string of the molecule is COc1ccsc1C(=O)NC1(CCl)CCCC(C)C1. The summed E-state index contributed by atoms with van der Waals surface area (Å²) in [7, 11) is 1.58. The average Bonchev–Trinajstić information content (AvgIpc) is 2.87. The number of ether oxygens (including phenoxy) is 1. The molecule has 1 amide bonds. The van der Waals surface area contributed by atoms with Crippen LogP contribution in [-0.2, 0) is 0 Å².